The molecule has 0 amide bonds. The number of furan rings is 1. The lowest BCUT2D eigenvalue weighted by atomic mass is 10.4. The Hall–Kier alpha value is -2.08. The topological polar surface area (TPSA) is 91.1 Å². The molecule has 0 saturated heterocycles. The summed E-state index contributed by atoms with van der Waals surface area (Å²) in [6.07, 6.45) is 3.26. The Morgan fingerprint density at radius 1 is 1.21 bits per heavy atom. The third kappa shape index (κ3) is 7.69. The first-order valence-electron chi connectivity index (χ1n) is 9.02. The van der Waals surface area contributed by atoms with E-state index < -0.39 is 0 Å². The third-order valence-electron chi connectivity index (χ3n) is 3.85. The number of hydrogen-bond acceptors (Lipinski definition) is 5. The summed E-state index contributed by atoms with van der Waals surface area (Å²) < 4.78 is 18.2. The first kappa shape index (κ1) is 23.2. The van der Waals surface area contributed by atoms with Crippen LogP contribution < -0.4 is 10.6 Å². The van der Waals surface area contributed by atoms with E-state index >= 15 is 0 Å². The zero-order chi connectivity index (χ0) is 19.6. The van der Waals surface area contributed by atoms with Crippen LogP contribution in [0.4, 0.5) is 4.39 Å². The number of rotatable bonds is 9. The number of H-pyrrole nitrogens is 1. The second-order valence-corrected chi connectivity index (χ2v) is 7.08. The molecule has 29 heavy (non-hydrogen) atoms. The van der Waals surface area contributed by atoms with E-state index in [2.05, 4.69) is 30.8 Å². The Kier molecular flexibility index (Phi) is 9.98. The monoisotopic (exact) mass is 530 g/mol. The molecule has 3 N–H and O–H groups in total. The second kappa shape index (κ2) is 12.5. The first-order valence-corrected chi connectivity index (χ1v) is 10.0. The molecule has 0 radical (unpaired) electrons. The molecule has 0 aliphatic heterocycles. The van der Waals surface area contributed by atoms with Gasteiger partial charge in [0.15, 0.2) is 11.7 Å². The van der Waals surface area contributed by atoms with Gasteiger partial charge in [0.2, 0.25) is 5.82 Å². The zero-order valence-corrected chi connectivity index (χ0v) is 19.2. The van der Waals surface area contributed by atoms with Gasteiger partial charge in [-0.15, -0.1) is 35.7 Å². The van der Waals surface area contributed by atoms with Gasteiger partial charge in [-0.2, -0.15) is 5.10 Å². The molecule has 0 aliphatic rings. The van der Waals surface area contributed by atoms with Crippen LogP contribution in [0.15, 0.2) is 57.0 Å². The van der Waals surface area contributed by atoms with E-state index in [-0.39, 0.29) is 29.8 Å². The molecule has 156 valence electrons. The van der Waals surface area contributed by atoms with E-state index in [0.717, 1.165) is 35.4 Å². The van der Waals surface area contributed by atoms with Crippen LogP contribution in [0.5, 0.6) is 0 Å². The van der Waals surface area contributed by atoms with Gasteiger partial charge in [-0.1, -0.05) is 0 Å². The van der Waals surface area contributed by atoms with Crippen molar-refractivity contribution in [3.8, 4) is 11.6 Å². The Morgan fingerprint density at radius 2 is 2.00 bits per heavy atom. The van der Waals surface area contributed by atoms with E-state index in [9.17, 15) is 4.39 Å². The first-order chi connectivity index (χ1) is 13.7. The lowest BCUT2D eigenvalue weighted by Crippen LogP contribution is -2.38. The van der Waals surface area contributed by atoms with E-state index in [4.69, 9.17) is 4.42 Å². The summed E-state index contributed by atoms with van der Waals surface area (Å²) in [6.45, 7) is 1.48. The van der Waals surface area contributed by atoms with Gasteiger partial charge in [-0.25, -0.2) is 9.37 Å². The molecule has 0 saturated carbocycles. The maximum atomic E-state index is 12.9. The molecule has 2 aromatic heterocycles. The van der Waals surface area contributed by atoms with E-state index in [1.807, 2.05) is 6.07 Å². The fourth-order valence-corrected chi connectivity index (χ4v) is 3.30. The lowest BCUT2D eigenvalue weighted by Gasteiger charge is -2.11. The number of aliphatic imine (C=N–C) groups is 1. The fraction of sp³-hybridized carbons (Fsp3) is 0.316. The van der Waals surface area contributed by atoms with Gasteiger partial charge in [-0.05, 0) is 48.6 Å². The Labute approximate surface area is 190 Å². The van der Waals surface area contributed by atoms with Gasteiger partial charge >= 0.3 is 0 Å². The van der Waals surface area contributed by atoms with Crippen molar-refractivity contribution >= 4 is 41.7 Å². The van der Waals surface area contributed by atoms with Crippen molar-refractivity contribution in [2.45, 2.75) is 17.7 Å². The van der Waals surface area contributed by atoms with Crippen LogP contribution in [0.2, 0.25) is 0 Å². The van der Waals surface area contributed by atoms with Crippen molar-refractivity contribution in [3.05, 3.63) is 54.3 Å². The summed E-state index contributed by atoms with van der Waals surface area (Å²) in [6, 6.07) is 10.2. The number of aromatic amines is 1. The summed E-state index contributed by atoms with van der Waals surface area (Å²) in [7, 11) is 1.74. The number of nitrogens with one attached hydrogen (secondary N) is 3. The fourth-order valence-electron chi connectivity index (χ4n) is 2.44. The van der Waals surface area contributed by atoms with E-state index in [1.54, 1.807) is 43.3 Å². The normalized spacial score (nSPS) is 11.2. The van der Waals surface area contributed by atoms with Gasteiger partial charge in [-0.3, -0.25) is 10.1 Å². The Balaban J connectivity index is 0.00000300. The average Bonchev–Trinajstić information content (AvgIpc) is 3.39. The largest absolute Gasteiger partial charge is 0.461 e. The van der Waals surface area contributed by atoms with Crippen molar-refractivity contribution in [3.63, 3.8) is 0 Å². The van der Waals surface area contributed by atoms with Crippen LogP contribution in [0.3, 0.4) is 0 Å². The van der Waals surface area contributed by atoms with Crippen molar-refractivity contribution in [1.29, 1.82) is 0 Å². The van der Waals surface area contributed by atoms with Crippen LogP contribution in [0.1, 0.15) is 12.2 Å². The number of halogens is 2. The van der Waals surface area contributed by atoms with Gasteiger partial charge < -0.3 is 15.1 Å². The predicted molar refractivity (Wildman–Crippen MR) is 124 cm³/mol. The van der Waals surface area contributed by atoms with Crippen LogP contribution >= 0.6 is 35.7 Å². The smallest absolute Gasteiger partial charge is 0.216 e. The molecule has 3 aromatic rings. The van der Waals surface area contributed by atoms with Gasteiger partial charge in [0.25, 0.3) is 0 Å². The average molecular weight is 530 g/mol. The summed E-state index contributed by atoms with van der Waals surface area (Å²) in [5, 5.41) is 13.6. The maximum absolute atomic E-state index is 12.9. The maximum Gasteiger partial charge on any atom is 0.216 e. The van der Waals surface area contributed by atoms with Crippen molar-refractivity contribution in [2.24, 2.45) is 4.99 Å². The van der Waals surface area contributed by atoms with Gasteiger partial charge in [0.1, 0.15) is 11.6 Å². The minimum atomic E-state index is -0.205. The molecule has 0 spiro atoms. The molecule has 3 rings (SSSR count). The highest BCUT2D eigenvalue weighted by molar-refractivity contribution is 14.0. The molecule has 0 fully saturated rings. The van der Waals surface area contributed by atoms with E-state index in [0.29, 0.717) is 24.6 Å². The molecule has 10 heteroatoms. The van der Waals surface area contributed by atoms with Crippen molar-refractivity contribution in [1.82, 2.24) is 25.8 Å². The summed E-state index contributed by atoms with van der Waals surface area (Å²) in [4.78, 5) is 9.70. The van der Waals surface area contributed by atoms with Crippen molar-refractivity contribution in [2.75, 3.05) is 25.9 Å². The van der Waals surface area contributed by atoms with Gasteiger partial charge in [0, 0.05) is 31.5 Å². The molecule has 2 heterocycles. The summed E-state index contributed by atoms with van der Waals surface area (Å²) in [5.41, 5.74) is 0. The molecule has 0 bridgehead atoms. The molecule has 0 atom stereocenters. The molecular weight excluding hydrogens is 506 g/mol. The third-order valence-corrected chi connectivity index (χ3v) is 4.95. The number of hydrogen-bond donors (Lipinski definition) is 3. The zero-order valence-electron chi connectivity index (χ0n) is 16.0. The van der Waals surface area contributed by atoms with Crippen LogP contribution in [-0.4, -0.2) is 47.0 Å². The molecular formula is C19H24FIN6OS. The van der Waals surface area contributed by atoms with Gasteiger partial charge in [0.05, 0.1) is 6.26 Å². The highest BCUT2D eigenvalue weighted by Gasteiger charge is 2.08. The molecule has 7 nitrogen and oxygen atoms in total. The highest BCUT2D eigenvalue weighted by atomic mass is 127. The van der Waals surface area contributed by atoms with Crippen LogP contribution in [0.25, 0.3) is 11.6 Å². The summed E-state index contributed by atoms with van der Waals surface area (Å²) in [5.74, 6) is 3.47. The Morgan fingerprint density at radius 3 is 2.72 bits per heavy atom. The molecule has 0 aliphatic carbocycles. The number of benzene rings is 1. The second-order valence-electron chi connectivity index (χ2n) is 5.91. The minimum Gasteiger partial charge on any atom is -0.461 e. The van der Waals surface area contributed by atoms with Crippen LogP contribution in [-0.2, 0) is 6.42 Å². The number of thioether (sulfide) groups is 1. The predicted octanol–water partition coefficient (Wildman–Crippen LogP) is 3.71. The number of nitrogens with zero attached hydrogens (tertiary/aromatic N) is 3. The SMILES string of the molecule is CN=C(NCCCSc1ccc(F)cc1)NCCc1nc(-c2ccco2)n[nH]1.I. The standard InChI is InChI=1S/C19H23FN6OS.HI/c1-21-19(22-10-3-13-28-15-7-5-14(20)6-8-15)23-11-9-17-24-18(26-25-17)16-4-2-12-27-16;/h2,4-8,12H,3,9-11,13H2,1H3,(H2,21,22,23)(H,24,25,26);1H. The molecule has 1 aromatic carbocycles. The highest BCUT2D eigenvalue weighted by Crippen LogP contribution is 2.18. The minimum absolute atomic E-state index is 0. The van der Waals surface area contributed by atoms with Crippen molar-refractivity contribution < 1.29 is 8.81 Å². The lowest BCUT2D eigenvalue weighted by molar-refractivity contribution is 0.577. The molecule has 0 unspecified atom stereocenters. The summed E-state index contributed by atoms with van der Waals surface area (Å²) >= 11 is 1.71. The Bertz CT molecular complexity index is 869. The number of aromatic nitrogens is 3. The quantitative estimate of drug-likeness (QED) is 0.129. The van der Waals surface area contributed by atoms with E-state index in [1.165, 1.54) is 12.1 Å². The van der Waals surface area contributed by atoms with Crippen LogP contribution in [0, 0.1) is 5.82 Å². The number of guanidine groups is 1.